The van der Waals surface area contributed by atoms with Crippen LogP contribution < -0.4 is 10.1 Å². The molecule has 0 aliphatic heterocycles. The second-order valence-electron chi connectivity index (χ2n) is 5.94. The molecule has 0 heterocycles. The van der Waals surface area contributed by atoms with Crippen LogP contribution in [0, 0.1) is 0 Å². The standard InChI is InChI=1S/C20H23NO4/c1-14(2)15-8-10-16(11-9-15)20(23)25-13-19(22)21-12-17-6-4-5-7-18(17)24-3/h4-11,14H,12-13H2,1-3H3,(H,21,22). The second kappa shape index (κ2) is 8.87. The highest BCUT2D eigenvalue weighted by atomic mass is 16.5. The normalized spacial score (nSPS) is 10.4. The average molecular weight is 341 g/mol. The lowest BCUT2D eigenvalue weighted by molar-refractivity contribution is -0.124. The molecule has 0 aliphatic rings. The zero-order chi connectivity index (χ0) is 18.2. The summed E-state index contributed by atoms with van der Waals surface area (Å²) in [5.41, 5.74) is 2.43. The first-order valence-corrected chi connectivity index (χ1v) is 8.17. The van der Waals surface area contributed by atoms with Gasteiger partial charge in [-0.25, -0.2) is 4.79 Å². The molecule has 0 saturated heterocycles. The molecule has 2 aromatic carbocycles. The molecule has 0 saturated carbocycles. The molecule has 1 amide bonds. The van der Waals surface area contributed by atoms with Crippen LogP contribution in [0.25, 0.3) is 0 Å². The number of ether oxygens (including phenoxy) is 2. The highest BCUT2D eigenvalue weighted by Gasteiger charge is 2.11. The number of nitrogens with one attached hydrogen (secondary N) is 1. The number of carbonyl (C=O) groups is 2. The Bertz CT molecular complexity index is 723. The van der Waals surface area contributed by atoms with E-state index in [0.29, 0.717) is 23.8 Å². The van der Waals surface area contributed by atoms with Crippen LogP contribution in [0.1, 0.15) is 41.3 Å². The lowest BCUT2D eigenvalue weighted by Crippen LogP contribution is -2.28. The third-order valence-corrected chi connectivity index (χ3v) is 3.82. The molecule has 2 rings (SSSR count). The van der Waals surface area contributed by atoms with E-state index in [9.17, 15) is 9.59 Å². The monoisotopic (exact) mass is 341 g/mol. The summed E-state index contributed by atoms with van der Waals surface area (Å²) in [7, 11) is 1.58. The summed E-state index contributed by atoms with van der Waals surface area (Å²) in [4.78, 5) is 23.8. The molecule has 0 radical (unpaired) electrons. The van der Waals surface area contributed by atoms with Gasteiger partial charge in [-0.05, 0) is 29.7 Å². The van der Waals surface area contributed by atoms with Crippen molar-refractivity contribution in [3.8, 4) is 5.75 Å². The van der Waals surface area contributed by atoms with Crippen molar-refractivity contribution >= 4 is 11.9 Å². The summed E-state index contributed by atoms with van der Waals surface area (Å²) >= 11 is 0. The smallest absolute Gasteiger partial charge is 0.338 e. The van der Waals surface area contributed by atoms with E-state index in [-0.39, 0.29) is 12.5 Å². The Hall–Kier alpha value is -2.82. The van der Waals surface area contributed by atoms with E-state index in [0.717, 1.165) is 11.1 Å². The lowest BCUT2D eigenvalue weighted by atomic mass is 10.0. The van der Waals surface area contributed by atoms with E-state index in [1.165, 1.54) is 0 Å². The molecule has 5 nitrogen and oxygen atoms in total. The van der Waals surface area contributed by atoms with Crippen molar-refractivity contribution in [1.29, 1.82) is 0 Å². The van der Waals surface area contributed by atoms with Crippen LogP contribution in [0.15, 0.2) is 48.5 Å². The molecular weight excluding hydrogens is 318 g/mol. The first-order valence-electron chi connectivity index (χ1n) is 8.17. The van der Waals surface area contributed by atoms with E-state index in [4.69, 9.17) is 9.47 Å². The van der Waals surface area contributed by atoms with Gasteiger partial charge in [0.1, 0.15) is 5.75 Å². The van der Waals surface area contributed by atoms with Gasteiger partial charge in [-0.15, -0.1) is 0 Å². The van der Waals surface area contributed by atoms with E-state index in [2.05, 4.69) is 19.2 Å². The van der Waals surface area contributed by atoms with E-state index < -0.39 is 5.97 Å². The summed E-state index contributed by atoms with van der Waals surface area (Å²) in [6.45, 7) is 4.15. The number of para-hydroxylation sites is 1. The number of benzene rings is 2. The van der Waals surface area contributed by atoms with Crippen molar-refractivity contribution in [2.24, 2.45) is 0 Å². The molecular formula is C20H23NO4. The predicted molar refractivity (Wildman–Crippen MR) is 95.7 cm³/mol. The molecule has 1 N–H and O–H groups in total. The Kier molecular flexibility index (Phi) is 6.57. The first kappa shape index (κ1) is 18.5. The fourth-order valence-electron chi connectivity index (χ4n) is 2.31. The lowest BCUT2D eigenvalue weighted by Gasteiger charge is -2.10. The number of methoxy groups -OCH3 is 1. The van der Waals surface area contributed by atoms with Crippen LogP contribution in [-0.4, -0.2) is 25.6 Å². The van der Waals surface area contributed by atoms with Gasteiger partial charge in [0.15, 0.2) is 6.61 Å². The Labute approximate surface area is 148 Å². The Balaban J connectivity index is 1.82. The van der Waals surface area contributed by atoms with Crippen LogP contribution in [-0.2, 0) is 16.1 Å². The van der Waals surface area contributed by atoms with Crippen LogP contribution >= 0.6 is 0 Å². The second-order valence-corrected chi connectivity index (χ2v) is 5.94. The van der Waals surface area contributed by atoms with Gasteiger partial charge in [-0.2, -0.15) is 0 Å². The largest absolute Gasteiger partial charge is 0.496 e. The molecule has 0 aromatic heterocycles. The molecule has 0 bridgehead atoms. The maximum Gasteiger partial charge on any atom is 0.338 e. The number of amides is 1. The summed E-state index contributed by atoms with van der Waals surface area (Å²) in [6, 6.07) is 14.6. The molecule has 0 spiro atoms. The zero-order valence-electron chi connectivity index (χ0n) is 14.7. The first-order chi connectivity index (χ1) is 12.0. The summed E-state index contributed by atoms with van der Waals surface area (Å²) in [6.07, 6.45) is 0. The van der Waals surface area contributed by atoms with Gasteiger partial charge in [-0.1, -0.05) is 44.2 Å². The van der Waals surface area contributed by atoms with Gasteiger partial charge in [0.25, 0.3) is 5.91 Å². The van der Waals surface area contributed by atoms with Crippen molar-refractivity contribution in [3.63, 3.8) is 0 Å². The van der Waals surface area contributed by atoms with E-state index in [1.807, 2.05) is 36.4 Å². The van der Waals surface area contributed by atoms with Crippen molar-refractivity contribution < 1.29 is 19.1 Å². The molecule has 0 aliphatic carbocycles. The molecule has 25 heavy (non-hydrogen) atoms. The fraction of sp³-hybridized carbons (Fsp3) is 0.300. The van der Waals surface area contributed by atoms with Gasteiger partial charge in [0.05, 0.1) is 12.7 Å². The number of hydrogen-bond acceptors (Lipinski definition) is 4. The minimum atomic E-state index is -0.511. The molecule has 2 aromatic rings. The van der Waals surface area contributed by atoms with Crippen LogP contribution in [0.4, 0.5) is 0 Å². The predicted octanol–water partition coefficient (Wildman–Crippen LogP) is 3.29. The summed E-state index contributed by atoms with van der Waals surface area (Å²) in [5, 5.41) is 2.71. The third kappa shape index (κ3) is 5.35. The number of carbonyl (C=O) groups excluding carboxylic acids is 2. The zero-order valence-corrected chi connectivity index (χ0v) is 14.7. The van der Waals surface area contributed by atoms with Gasteiger partial charge in [0, 0.05) is 12.1 Å². The SMILES string of the molecule is COc1ccccc1CNC(=O)COC(=O)c1ccc(C(C)C)cc1. The Morgan fingerprint density at radius 1 is 1.04 bits per heavy atom. The van der Waals surface area contributed by atoms with Gasteiger partial charge >= 0.3 is 5.97 Å². The minimum absolute atomic E-state index is 0.309. The maximum atomic E-state index is 12.0. The van der Waals surface area contributed by atoms with Crippen LogP contribution in [0.3, 0.4) is 0 Å². The average Bonchev–Trinajstić information content (AvgIpc) is 2.64. The van der Waals surface area contributed by atoms with Crippen LogP contribution in [0.2, 0.25) is 0 Å². The Morgan fingerprint density at radius 3 is 2.36 bits per heavy atom. The van der Waals surface area contributed by atoms with Gasteiger partial charge in [0.2, 0.25) is 0 Å². The van der Waals surface area contributed by atoms with Crippen molar-refractivity contribution in [1.82, 2.24) is 5.32 Å². The molecule has 0 atom stereocenters. The molecule has 132 valence electrons. The Morgan fingerprint density at radius 2 is 1.72 bits per heavy atom. The quantitative estimate of drug-likeness (QED) is 0.785. The van der Waals surface area contributed by atoms with E-state index in [1.54, 1.807) is 19.2 Å². The number of hydrogen-bond donors (Lipinski definition) is 1. The molecule has 0 fully saturated rings. The van der Waals surface area contributed by atoms with E-state index >= 15 is 0 Å². The summed E-state index contributed by atoms with van der Waals surface area (Å²) in [5.74, 6) is 0.219. The topological polar surface area (TPSA) is 64.6 Å². The third-order valence-electron chi connectivity index (χ3n) is 3.82. The van der Waals surface area contributed by atoms with Gasteiger partial charge < -0.3 is 14.8 Å². The van der Waals surface area contributed by atoms with Crippen molar-refractivity contribution in [2.75, 3.05) is 13.7 Å². The van der Waals surface area contributed by atoms with Crippen LogP contribution in [0.5, 0.6) is 5.75 Å². The van der Waals surface area contributed by atoms with Gasteiger partial charge in [-0.3, -0.25) is 4.79 Å². The number of rotatable bonds is 7. The fourth-order valence-corrected chi connectivity index (χ4v) is 2.31. The number of esters is 1. The maximum absolute atomic E-state index is 12.0. The minimum Gasteiger partial charge on any atom is -0.496 e. The molecule has 5 heteroatoms. The van der Waals surface area contributed by atoms with Crippen molar-refractivity contribution in [3.05, 3.63) is 65.2 Å². The summed E-state index contributed by atoms with van der Waals surface area (Å²) < 4.78 is 10.3. The van der Waals surface area contributed by atoms with Crippen molar-refractivity contribution in [2.45, 2.75) is 26.3 Å². The highest BCUT2D eigenvalue weighted by molar-refractivity contribution is 5.91. The highest BCUT2D eigenvalue weighted by Crippen LogP contribution is 2.17. The molecule has 0 unspecified atom stereocenters.